The molecule has 2 N–H and O–H groups in total. The fourth-order valence-electron chi connectivity index (χ4n) is 1.95. The standard InChI is InChI=1S/C14H16N2O2/c1-10-12(7-8-17)14(18)16-13(15-10)9-11-5-3-2-4-6-11/h2-6,17H,7-9H2,1H3,(H,15,16,18). The first-order chi connectivity index (χ1) is 8.70. The van der Waals surface area contributed by atoms with Crippen molar-refractivity contribution in [2.75, 3.05) is 6.61 Å². The van der Waals surface area contributed by atoms with E-state index in [1.165, 1.54) is 0 Å². The average molecular weight is 244 g/mol. The molecule has 0 amide bonds. The van der Waals surface area contributed by atoms with Gasteiger partial charge in [-0.25, -0.2) is 4.98 Å². The Balaban J connectivity index is 2.28. The van der Waals surface area contributed by atoms with Crippen molar-refractivity contribution in [3.8, 4) is 0 Å². The molecule has 4 heteroatoms. The Morgan fingerprint density at radius 1 is 1.28 bits per heavy atom. The molecule has 0 fully saturated rings. The van der Waals surface area contributed by atoms with Gasteiger partial charge in [-0.1, -0.05) is 30.3 Å². The predicted octanol–water partition coefficient (Wildman–Crippen LogP) is 1.20. The summed E-state index contributed by atoms with van der Waals surface area (Å²) in [4.78, 5) is 19.0. The van der Waals surface area contributed by atoms with Gasteiger partial charge in [0.1, 0.15) is 5.82 Å². The monoisotopic (exact) mass is 244 g/mol. The minimum Gasteiger partial charge on any atom is -0.396 e. The van der Waals surface area contributed by atoms with Crippen LogP contribution in [-0.4, -0.2) is 21.7 Å². The SMILES string of the molecule is Cc1nc(Cc2ccccc2)[nH]c(=O)c1CCO. The quantitative estimate of drug-likeness (QED) is 0.849. The van der Waals surface area contributed by atoms with Crippen LogP contribution in [0.5, 0.6) is 0 Å². The number of aliphatic hydroxyl groups excluding tert-OH is 1. The molecule has 0 radical (unpaired) electrons. The van der Waals surface area contributed by atoms with Gasteiger partial charge in [-0.2, -0.15) is 0 Å². The number of hydrogen-bond donors (Lipinski definition) is 2. The lowest BCUT2D eigenvalue weighted by atomic mass is 10.1. The molecule has 2 rings (SSSR count). The van der Waals surface area contributed by atoms with E-state index in [0.29, 0.717) is 29.9 Å². The number of hydrogen-bond acceptors (Lipinski definition) is 3. The van der Waals surface area contributed by atoms with Gasteiger partial charge >= 0.3 is 0 Å². The number of nitrogens with zero attached hydrogens (tertiary/aromatic N) is 1. The second kappa shape index (κ2) is 5.60. The number of rotatable bonds is 4. The van der Waals surface area contributed by atoms with Crippen LogP contribution in [0.3, 0.4) is 0 Å². The summed E-state index contributed by atoms with van der Waals surface area (Å²) in [6.45, 7) is 1.76. The molecule has 0 spiro atoms. The number of aromatic amines is 1. The molecular weight excluding hydrogens is 228 g/mol. The zero-order valence-corrected chi connectivity index (χ0v) is 10.3. The van der Waals surface area contributed by atoms with Gasteiger partial charge in [0.05, 0.1) is 0 Å². The van der Waals surface area contributed by atoms with Crippen LogP contribution in [0.2, 0.25) is 0 Å². The second-order valence-electron chi connectivity index (χ2n) is 4.21. The number of aryl methyl sites for hydroxylation is 1. The van der Waals surface area contributed by atoms with Gasteiger partial charge in [0.15, 0.2) is 0 Å². The lowest BCUT2D eigenvalue weighted by molar-refractivity contribution is 0.298. The van der Waals surface area contributed by atoms with Crippen molar-refractivity contribution >= 4 is 0 Å². The molecule has 18 heavy (non-hydrogen) atoms. The largest absolute Gasteiger partial charge is 0.396 e. The van der Waals surface area contributed by atoms with Gasteiger partial charge in [-0.15, -0.1) is 0 Å². The smallest absolute Gasteiger partial charge is 0.254 e. The number of H-pyrrole nitrogens is 1. The summed E-state index contributed by atoms with van der Waals surface area (Å²) in [5, 5.41) is 8.89. The number of aliphatic hydroxyl groups is 1. The highest BCUT2D eigenvalue weighted by Gasteiger charge is 2.07. The van der Waals surface area contributed by atoms with Crippen molar-refractivity contribution in [2.45, 2.75) is 19.8 Å². The van der Waals surface area contributed by atoms with Crippen LogP contribution in [0.15, 0.2) is 35.1 Å². The van der Waals surface area contributed by atoms with Crippen LogP contribution in [0, 0.1) is 6.92 Å². The Labute approximate surface area is 105 Å². The molecular formula is C14H16N2O2. The molecule has 2 aromatic rings. The normalized spacial score (nSPS) is 10.6. The topological polar surface area (TPSA) is 66.0 Å². The molecule has 0 aliphatic rings. The number of benzene rings is 1. The molecule has 1 aromatic carbocycles. The Kier molecular flexibility index (Phi) is 3.89. The first-order valence-electron chi connectivity index (χ1n) is 5.94. The van der Waals surface area contributed by atoms with E-state index in [2.05, 4.69) is 9.97 Å². The first kappa shape index (κ1) is 12.5. The molecule has 94 valence electrons. The lowest BCUT2D eigenvalue weighted by Crippen LogP contribution is -2.20. The molecule has 0 bridgehead atoms. The molecule has 0 atom stereocenters. The maximum atomic E-state index is 11.8. The summed E-state index contributed by atoms with van der Waals surface area (Å²) in [6.07, 6.45) is 0.954. The van der Waals surface area contributed by atoms with E-state index < -0.39 is 0 Å². The van der Waals surface area contributed by atoms with Crippen LogP contribution < -0.4 is 5.56 Å². The van der Waals surface area contributed by atoms with Crippen LogP contribution in [0.4, 0.5) is 0 Å². The van der Waals surface area contributed by atoms with Crippen molar-refractivity contribution in [3.63, 3.8) is 0 Å². The maximum Gasteiger partial charge on any atom is 0.254 e. The van der Waals surface area contributed by atoms with Gasteiger partial charge in [0, 0.05) is 30.7 Å². The van der Waals surface area contributed by atoms with E-state index >= 15 is 0 Å². The fraction of sp³-hybridized carbons (Fsp3) is 0.286. The van der Waals surface area contributed by atoms with Gasteiger partial charge in [0.25, 0.3) is 5.56 Å². The highest BCUT2D eigenvalue weighted by atomic mass is 16.3. The van der Waals surface area contributed by atoms with Gasteiger partial charge in [0.2, 0.25) is 0 Å². The van der Waals surface area contributed by atoms with Crippen molar-refractivity contribution in [2.24, 2.45) is 0 Å². The Morgan fingerprint density at radius 2 is 2.00 bits per heavy atom. The predicted molar refractivity (Wildman–Crippen MR) is 69.6 cm³/mol. The zero-order chi connectivity index (χ0) is 13.0. The zero-order valence-electron chi connectivity index (χ0n) is 10.3. The fourth-order valence-corrected chi connectivity index (χ4v) is 1.95. The second-order valence-corrected chi connectivity index (χ2v) is 4.21. The van der Waals surface area contributed by atoms with E-state index in [1.807, 2.05) is 30.3 Å². The number of nitrogens with one attached hydrogen (secondary N) is 1. The van der Waals surface area contributed by atoms with Crippen LogP contribution in [-0.2, 0) is 12.8 Å². The average Bonchev–Trinajstić information content (AvgIpc) is 2.35. The summed E-state index contributed by atoms with van der Waals surface area (Å²) >= 11 is 0. The molecule has 0 unspecified atom stereocenters. The van der Waals surface area contributed by atoms with E-state index in [1.54, 1.807) is 6.92 Å². The molecule has 0 saturated carbocycles. The highest BCUT2D eigenvalue weighted by Crippen LogP contribution is 2.06. The molecule has 1 aromatic heterocycles. The van der Waals surface area contributed by atoms with E-state index in [4.69, 9.17) is 5.11 Å². The third-order valence-corrected chi connectivity index (χ3v) is 2.85. The maximum absolute atomic E-state index is 11.8. The Hall–Kier alpha value is -1.94. The summed E-state index contributed by atoms with van der Waals surface area (Å²) in [5.41, 5.74) is 2.21. The lowest BCUT2D eigenvalue weighted by Gasteiger charge is -2.06. The van der Waals surface area contributed by atoms with E-state index in [0.717, 1.165) is 5.56 Å². The minimum atomic E-state index is -0.150. The van der Waals surface area contributed by atoms with Crippen LogP contribution >= 0.6 is 0 Å². The van der Waals surface area contributed by atoms with Crippen molar-refractivity contribution in [3.05, 3.63) is 63.3 Å². The third-order valence-electron chi connectivity index (χ3n) is 2.85. The first-order valence-corrected chi connectivity index (χ1v) is 5.94. The van der Waals surface area contributed by atoms with Crippen LogP contribution in [0.1, 0.15) is 22.6 Å². The molecule has 1 heterocycles. The molecule has 0 saturated heterocycles. The third kappa shape index (κ3) is 2.84. The molecule has 0 aliphatic carbocycles. The van der Waals surface area contributed by atoms with Crippen LogP contribution in [0.25, 0.3) is 0 Å². The van der Waals surface area contributed by atoms with E-state index in [9.17, 15) is 4.79 Å². The Bertz CT molecular complexity index is 576. The van der Waals surface area contributed by atoms with Crippen molar-refractivity contribution in [1.29, 1.82) is 0 Å². The van der Waals surface area contributed by atoms with Gasteiger partial charge in [-0.3, -0.25) is 4.79 Å². The Morgan fingerprint density at radius 3 is 2.61 bits per heavy atom. The summed E-state index contributed by atoms with van der Waals surface area (Å²) in [5.74, 6) is 0.658. The summed E-state index contributed by atoms with van der Waals surface area (Å²) < 4.78 is 0. The minimum absolute atomic E-state index is 0.0381. The van der Waals surface area contributed by atoms with E-state index in [-0.39, 0.29) is 12.2 Å². The van der Waals surface area contributed by atoms with Crippen molar-refractivity contribution < 1.29 is 5.11 Å². The summed E-state index contributed by atoms with van der Waals surface area (Å²) in [6, 6.07) is 9.87. The molecule has 4 nitrogen and oxygen atoms in total. The summed E-state index contributed by atoms with van der Waals surface area (Å²) in [7, 11) is 0. The highest BCUT2D eigenvalue weighted by molar-refractivity contribution is 5.22. The van der Waals surface area contributed by atoms with Gasteiger partial charge < -0.3 is 10.1 Å². The molecule has 0 aliphatic heterocycles. The van der Waals surface area contributed by atoms with Gasteiger partial charge in [-0.05, 0) is 12.5 Å². The van der Waals surface area contributed by atoms with Crippen molar-refractivity contribution in [1.82, 2.24) is 9.97 Å². The number of aromatic nitrogens is 2.